The zero-order valence-electron chi connectivity index (χ0n) is 23.0. The van der Waals surface area contributed by atoms with Gasteiger partial charge in [-0.2, -0.15) is 0 Å². The molecule has 0 spiro atoms. The monoisotopic (exact) mass is 507 g/mol. The van der Waals surface area contributed by atoms with Gasteiger partial charge in [0, 0.05) is 11.3 Å². The van der Waals surface area contributed by atoms with Crippen LogP contribution in [0.1, 0.15) is 120 Å². The molecule has 1 radical (unpaired) electrons. The smallest absolute Gasteiger partial charge is 0.269 e. The number of unbranched alkanes of at least 4 members (excludes halogenated alkanes) is 12. The summed E-state index contributed by atoms with van der Waals surface area (Å²) in [7, 11) is 0. The Bertz CT molecular complexity index is 928. The molecule has 0 saturated heterocycles. The van der Waals surface area contributed by atoms with Crippen LogP contribution in [0.15, 0.2) is 48.5 Å². The van der Waals surface area contributed by atoms with E-state index in [2.05, 4.69) is 18.3 Å². The van der Waals surface area contributed by atoms with Crippen LogP contribution in [-0.4, -0.2) is 17.9 Å². The molecule has 2 N–H and O–H groups in total. The number of ether oxygens (including phenoxy) is 1. The summed E-state index contributed by atoms with van der Waals surface area (Å²) in [6.45, 7) is 4.18. The molecule has 0 aliphatic carbocycles. The van der Waals surface area contributed by atoms with E-state index < -0.39 is 12.0 Å². The maximum absolute atomic E-state index is 12.8. The highest BCUT2D eigenvalue weighted by atomic mass is 16.5. The van der Waals surface area contributed by atoms with Crippen LogP contribution >= 0.6 is 0 Å². The van der Waals surface area contributed by atoms with Gasteiger partial charge in [-0.25, -0.2) is 0 Å². The van der Waals surface area contributed by atoms with E-state index >= 15 is 0 Å². The van der Waals surface area contributed by atoms with Gasteiger partial charge >= 0.3 is 0 Å². The Morgan fingerprint density at radius 1 is 0.784 bits per heavy atom. The number of hydrogen-bond donors (Lipinski definition) is 1. The summed E-state index contributed by atoms with van der Waals surface area (Å²) in [5.74, 6) is -0.344. The molecule has 0 fully saturated rings. The molecule has 203 valence electrons. The van der Waals surface area contributed by atoms with Gasteiger partial charge in [0.1, 0.15) is 5.75 Å². The van der Waals surface area contributed by atoms with Crippen molar-refractivity contribution in [2.75, 3.05) is 5.32 Å². The highest BCUT2D eigenvalue weighted by Crippen LogP contribution is 2.20. The Morgan fingerprint density at radius 3 is 1.97 bits per heavy atom. The van der Waals surface area contributed by atoms with Crippen molar-refractivity contribution in [1.29, 1.82) is 0 Å². The van der Waals surface area contributed by atoms with Crippen LogP contribution in [0.5, 0.6) is 5.75 Å². The molecular weight excluding hydrogens is 460 g/mol. The Labute approximate surface area is 224 Å². The number of anilines is 1. The van der Waals surface area contributed by atoms with Crippen molar-refractivity contribution in [3.63, 3.8) is 0 Å². The molecule has 5 heteroatoms. The number of carbonyl (C=O) groups excluding carboxylic acids is 2. The first-order chi connectivity index (χ1) is 18.0. The molecule has 0 aromatic heterocycles. The fraction of sp³-hybridized carbons (Fsp3) is 0.562. The zero-order chi connectivity index (χ0) is 26.7. The SMILES string of the molecule is CCCCCCCCCCCCCCCc1cccc(OC(CC)C(=O)Nc2cccc(C([NH])=O)c2)c1. The van der Waals surface area contributed by atoms with E-state index in [0.29, 0.717) is 17.9 Å². The van der Waals surface area contributed by atoms with E-state index in [0.717, 1.165) is 6.42 Å². The van der Waals surface area contributed by atoms with Crippen molar-refractivity contribution in [3.05, 3.63) is 59.7 Å². The highest BCUT2D eigenvalue weighted by Gasteiger charge is 2.19. The van der Waals surface area contributed by atoms with Crippen molar-refractivity contribution in [3.8, 4) is 5.75 Å². The average molecular weight is 508 g/mol. The van der Waals surface area contributed by atoms with E-state index in [1.165, 1.54) is 95.1 Å². The quantitative estimate of drug-likeness (QED) is 0.182. The van der Waals surface area contributed by atoms with Gasteiger partial charge in [0.25, 0.3) is 11.8 Å². The number of nitrogens with one attached hydrogen (secondary N) is 2. The molecule has 0 aliphatic rings. The molecule has 2 amide bonds. The largest absolute Gasteiger partial charge is 0.481 e. The summed E-state index contributed by atoms with van der Waals surface area (Å²) in [5.41, 5.74) is 9.21. The molecule has 1 unspecified atom stereocenters. The molecular formula is C32H47N2O3. The number of rotatable bonds is 20. The molecule has 2 rings (SSSR count). The lowest BCUT2D eigenvalue weighted by Crippen LogP contribution is -2.32. The minimum atomic E-state index is -0.778. The van der Waals surface area contributed by atoms with E-state index in [-0.39, 0.29) is 11.5 Å². The number of hydrogen-bond acceptors (Lipinski definition) is 3. The number of benzene rings is 2. The topological polar surface area (TPSA) is 79.2 Å². The highest BCUT2D eigenvalue weighted by molar-refractivity contribution is 5.97. The first-order valence-corrected chi connectivity index (χ1v) is 14.5. The summed E-state index contributed by atoms with van der Waals surface area (Å²) in [5, 5.41) is 2.80. The zero-order valence-corrected chi connectivity index (χ0v) is 23.0. The average Bonchev–Trinajstić information content (AvgIpc) is 2.90. The van der Waals surface area contributed by atoms with Crippen molar-refractivity contribution < 1.29 is 14.3 Å². The fourth-order valence-corrected chi connectivity index (χ4v) is 4.57. The van der Waals surface area contributed by atoms with Crippen LogP contribution in [0.2, 0.25) is 0 Å². The van der Waals surface area contributed by atoms with Crippen LogP contribution in [0.4, 0.5) is 5.69 Å². The van der Waals surface area contributed by atoms with Gasteiger partial charge in [0.05, 0.1) is 0 Å². The summed E-state index contributed by atoms with van der Waals surface area (Å²) in [4.78, 5) is 24.0. The standard InChI is InChI=1S/C32H47N2O3/c1-3-5-6-7-8-9-10-11-12-13-14-15-16-19-26-20-17-23-29(24-26)37-30(4-2)32(36)34-28-22-18-21-27(25-28)31(33)35/h17-18,20-25,30,33H,3-16,19H2,1-2H3,(H,34,36). The molecule has 37 heavy (non-hydrogen) atoms. The Kier molecular flexibility index (Phi) is 15.1. The van der Waals surface area contributed by atoms with Crippen LogP contribution in [0.3, 0.4) is 0 Å². The second-order valence-electron chi connectivity index (χ2n) is 10.1. The lowest BCUT2D eigenvalue weighted by Gasteiger charge is -2.18. The Balaban J connectivity index is 1.65. The number of aryl methyl sites for hydroxylation is 1. The second kappa shape index (κ2) is 18.4. The summed E-state index contributed by atoms with van der Waals surface area (Å²) in [6.07, 6.45) is 18.5. The van der Waals surface area contributed by atoms with Gasteiger partial charge in [0.2, 0.25) is 0 Å². The van der Waals surface area contributed by atoms with Crippen LogP contribution < -0.4 is 15.8 Å². The Hall–Kier alpha value is -2.82. The van der Waals surface area contributed by atoms with Crippen molar-refractivity contribution in [2.24, 2.45) is 0 Å². The molecule has 0 bridgehead atoms. The molecule has 1 atom stereocenters. The first-order valence-electron chi connectivity index (χ1n) is 14.5. The second-order valence-corrected chi connectivity index (χ2v) is 10.1. The van der Waals surface area contributed by atoms with E-state index in [1.807, 2.05) is 25.1 Å². The third-order valence-corrected chi connectivity index (χ3v) is 6.80. The van der Waals surface area contributed by atoms with Gasteiger partial charge in [-0.3, -0.25) is 15.3 Å². The molecule has 0 aliphatic heterocycles. The molecule has 5 nitrogen and oxygen atoms in total. The van der Waals surface area contributed by atoms with E-state index in [9.17, 15) is 9.59 Å². The minimum Gasteiger partial charge on any atom is -0.481 e. The van der Waals surface area contributed by atoms with Crippen molar-refractivity contribution in [2.45, 2.75) is 116 Å². The third-order valence-electron chi connectivity index (χ3n) is 6.80. The third kappa shape index (κ3) is 12.8. The molecule has 2 aromatic rings. The molecule has 2 aromatic carbocycles. The normalized spacial score (nSPS) is 11.7. The number of amides is 2. The van der Waals surface area contributed by atoms with Gasteiger partial charge in [0.15, 0.2) is 6.10 Å². The van der Waals surface area contributed by atoms with Gasteiger partial charge < -0.3 is 10.1 Å². The van der Waals surface area contributed by atoms with Gasteiger partial charge in [-0.15, -0.1) is 0 Å². The van der Waals surface area contributed by atoms with Crippen LogP contribution in [0.25, 0.3) is 0 Å². The van der Waals surface area contributed by atoms with E-state index in [4.69, 9.17) is 10.5 Å². The fourth-order valence-electron chi connectivity index (χ4n) is 4.57. The predicted octanol–water partition coefficient (Wildman–Crippen LogP) is 8.54. The summed E-state index contributed by atoms with van der Waals surface area (Å²) in [6, 6.07) is 14.5. The predicted molar refractivity (Wildman–Crippen MR) is 153 cm³/mol. The minimum absolute atomic E-state index is 0.243. The van der Waals surface area contributed by atoms with Crippen LogP contribution in [-0.2, 0) is 11.2 Å². The van der Waals surface area contributed by atoms with E-state index in [1.54, 1.807) is 18.2 Å². The van der Waals surface area contributed by atoms with Gasteiger partial charge in [-0.05, 0) is 55.2 Å². The summed E-state index contributed by atoms with van der Waals surface area (Å²) >= 11 is 0. The summed E-state index contributed by atoms with van der Waals surface area (Å²) < 4.78 is 6.02. The Morgan fingerprint density at radius 2 is 1.38 bits per heavy atom. The lowest BCUT2D eigenvalue weighted by atomic mass is 10.0. The molecule has 0 saturated carbocycles. The van der Waals surface area contributed by atoms with Crippen LogP contribution in [0, 0.1) is 0 Å². The maximum Gasteiger partial charge on any atom is 0.269 e. The first kappa shape index (κ1) is 30.4. The lowest BCUT2D eigenvalue weighted by molar-refractivity contribution is -0.122. The number of carbonyl (C=O) groups is 2. The molecule has 0 heterocycles. The van der Waals surface area contributed by atoms with Crippen molar-refractivity contribution >= 4 is 17.5 Å². The van der Waals surface area contributed by atoms with Gasteiger partial charge in [-0.1, -0.05) is 109 Å². The van der Waals surface area contributed by atoms with Crippen molar-refractivity contribution in [1.82, 2.24) is 5.73 Å². The maximum atomic E-state index is 12.8.